The standard InChI is InChI=1S/C12H14BrNO3/c13-11-3-1-10(17-11)2-4-12(16)14-7-8-5-9(15)6-8/h1-4,8-9,15H,5-7H2,(H,14,16). The monoisotopic (exact) mass is 299 g/mol. The first kappa shape index (κ1) is 12.4. The molecular weight excluding hydrogens is 286 g/mol. The summed E-state index contributed by atoms with van der Waals surface area (Å²) in [5, 5.41) is 11.9. The Hall–Kier alpha value is -1.07. The van der Waals surface area contributed by atoms with Gasteiger partial charge in [-0.1, -0.05) is 0 Å². The molecule has 1 aromatic rings. The van der Waals surface area contributed by atoms with E-state index < -0.39 is 0 Å². The van der Waals surface area contributed by atoms with Crippen LogP contribution in [0.3, 0.4) is 0 Å². The molecule has 92 valence electrons. The van der Waals surface area contributed by atoms with Gasteiger partial charge in [-0.05, 0) is 52.9 Å². The van der Waals surface area contributed by atoms with Crippen LogP contribution >= 0.6 is 15.9 Å². The molecular formula is C12H14BrNO3. The highest BCUT2D eigenvalue weighted by molar-refractivity contribution is 9.10. The molecule has 0 saturated heterocycles. The van der Waals surface area contributed by atoms with Crippen molar-refractivity contribution in [2.75, 3.05) is 6.54 Å². The van der Waals surface area contributed by atoms with Crippen LogP contribution in [0.4, 0.5) is 0 Å². The number of carbonyl (C=O) groups is 1. The van der Waals surface area contributed by atoms with E-state index in [1.807, 2.05) is 0 Å². The second-order valence-corrected chi connectivity index (χ2v) is 4.99. The Morgan fingerprint density at radius 3 is 2.94 bits per heavy atom. The molecule has 0 unspecified atom stereocenters. The van der Waals surface area contributed by atoms with E-state index in [-0.39, 0.29) is 12.0 Å². The van der Waals surface area contributed by atoms with Crippen molar-refractivity contribution in [1.29, 1.82) is 0 Å². The molecule has 5 heteroatoms. The van der Waals surface area contributed by atoms with E-state index in [0.717, 1.165) is 12.8 Å². The van der Waals surface area contributed by atoms with Crippen molar-refractivity contribution in [3.05, 3.63) is 28.6 Å². The first-order valence-electron chi connectivity index (χ1n) is 5.53. The summed E-state index contributed by atoms with van der Waals surface area (Å²) >= 11 is 3.19. The number of halogens is 1. The number of furan rings is 1. The average molecular weight is 300 g/mol. The topological polar surface area (TPSA) is 62.5 Å². The SMILES string of the molecule is O=C(C=Cc1ccc(Br)o1)NCC1CC(O)C1. The first-order valence-corrected chi connectivity index (χ1v) is 6.32. The predicted octanol–water partition coefficient (Wildman–Crippen LogP) is 1.94. The zero-order valence-corrected chi connectivity index (χ0v) is 10.8. The maximum Gasteiger partial charge on any atom is 0.244 e. The van der Waals surface area contributed by atoms with Gasteiger partial charge >= 0.3 is 0 Å². The van der Waals surface area contributed by atoms with Crippen LogP contribution < -0.4 is 5.32 Å². The molecule has 0 radical (unpaired) electrons. The molecule has 1 aliphatic carbocycles. The highest BCUT2D eigenvalue weighted by Gasteiger charge is 2.26. The molecule has 4 nitrogen and oxygen atoms in total. The molecule has 2 N–H and O–H groups in total. The first-order chi connectivity index (χ1) is 8.13. The van der Waals surface area contributed by atoms with Gasteiger partial charge in [0, 0.05) is 12.6 Å². The fourth-order valence-corrected chi connectivity index (χ4v) is 2.07. The van der Waals surface area contributed by atoms with Crippen molar-refractivity contribution in [2.24, 2.45) is 5.92 Å². The molecule has 1 amide bonds. The van der Waals surface area contributed by atoms with E-state index in [0.29, 0.717) is 22.9 Å². The van der Waals surface area contributed by atoms with Gasteiger partial charge < -0.3 is 14.8 Å². The van der Waals surface area contributed by atoms with Gasteiger partial charge in [-0.25, -0.2) is 0 Å². The number of hydrogen-bond acceptors (Lipinski definition) is 3. The van der Waals surface area contributed by atoms with Crippen molar-refractivity contribution >= 4 is 27.9 Å². The van der Waals surface area contributed by atoms with Crippen LogP contribution in [-0.4, -0.2) is 23.7 Å². The molecule has 1 fully saturated rings. The summed E-state index contributed by atoms with van der Waals surface area (Å²) in [5.41, 5.74) is 0. The van der Waals surface area contributed by atoms with E-state index in [1.54, 1.807) is 18.2 Å². The van der Waals surface area contributed by atoms with Crippen molar-refractivity contribution < 1.29 is 14.3 Å². The van der Waals surface area contributed by atoms with E-state index in [4.69, 9.17) is 9.52 Å². The summed E-state index contributed by atoms with van der Waals surface area (Å²) in [4.78, 5) is 11.4. The molecule has 0 aromatic carbocycles. The lowest BCUT2D eigenvalue weighted by molar-refractivity contribution is -0.117. The third kappa shape index (κ3) is 3.71. The Kier molecular flexibility index (Phi) is 4.02. The van der Waals surface area contributed by atoms with Crippen molar-refractivity contribution in [1.82, 2.24) is 5.32 Å². The van der Waals surface area contributed by atoms with Gasteiger partial charge in [0.05, 0.1) is 6.10 Å². The Balaban J connectivity index is 1.71. The highest BCUT2D eigenvalue weighted by Crippen LogP contribution is 2.26. The summed E-state index contributed by atoms with van der Waals surface area (Å²) in [6.07, 6.45) is 4.47. The van der Waals surface area contributed by atoms with Crippen molar-refractivity contribution in [2.45, 2.75) is 18.9 Å². The lowest BCUT2D eigenvalue weighted by Gasteiger charge is -2.31. The van der Waals surface area contributed by atoms with Crippen LogP contribution in [0.15, 0.2) is 27.3 Å². The Morgan fingerprint density at radius 2 is 2.35 bits per heavy atom. The highest BCUT2D eigenvalue weighted by atomic mass is 79.9. The number of rotatable bonds is 4. The summed E-state index contributed by atoms with van der Waals surface area (Å²) in [6, 6.07) is 3.55. The number of nitrogens with one attached hydrogen (secondary N) is 1. The van der Waals surface area contributed by atoms with Crippen LogP contribution in [0, 0.1) is 5.92 Å². The lowest BCUT2D eigenvalue weighted by atomic mass is 9.82. The van der Waals surface area contributed by atoms with E-state index in [2.05, 4.69) is 21.2 Å². The smallest absolute Gasteiger partial charge is 0.244 e. The average Bonchev–Trinajstić information content (AvgIpc) is 2.66. The van der Waals surface area contributed by atoms with E-state index in [1.165, 1.54) is 6.08 Å². The van der Waals surface area contributed by atoms with Gasteiger partial charge in [0.1, 0.15) is 5.76 Å². The molecule has 1 aromatic heterocycles. The van der Waals surface area contributed by atoms with Crippen LogP contribution in [0.25, 0.3) is 6.08 Å². The van der Waals surface area contributed by atoms with E-state index in [9.17, 15) is 4.79 Å². The maximum atomic E-state index is 11.4. The Morgan fingerprint density at radius 1 is 1.59 bits per heavy atom. The number of amides is 1. The third-order valence-corrected chi connectivity index (χ3v) is 3.19. The molecule has 0 atom stereocenters. The summed E-state index contributed by atoms with van der Waals surface area (Å²) in [6.45, 7) is 0.627. The molecule has 0 spiro atoms. The zero-order chi connectivity index (χ0) is 12.3. The zero-order valence-electron chi connectivity index (χ0n) is 9.23. The van der Waals surface area contributed by atoms with Crippen LogP contribution in [-0.2, 0) is 4.79 Å². The number of aliphatic hydroxyl groups excluding tert-OH is 1. The largest absolute Gasteiger partial charge is 0.450 e. The predicted molar refractivity (Wildman–Crippen MR) is 67.2 cm³/mol. The molecule has 17 heavy (non-hydrogen) atoms. The molecule has 0 bridgehead atoms. The number of hydrogen-bond donors (Lipinski definition) is 2. The Labute approximate surface area is 108 Å². The fraction of sp³-hybridized carbons (Fsp3) is 0.417. The Bertz CT molecular complexity index is 421. The van der Waals surface area contributed by atoms with Crippen molar-refractivity contribution in [3.63, 3.8) is 0 Å². The van der Waals surface area contributed by atoms with Gasteiger partial charge in [0.2, 0.25) is 5.91 Å². The molecule has 0 aliphatic heterocycles. The number of aliphatic hydroxyl groups is 1. The van der Waals surface area contributed by atoms with Gasteiger partial charge in [0.25, 0.3) is 0 Å². The van der Waals surface area contributed by atoms with Crippen LogP contribution in [0.2, 0.25) is 0 Å². The third-order valence-electron chi connectivity index (χ3n) is 2.77. The van der Waals surface area contributed by atoms with Crippen LogP contribution in [0.1, 0.15) is 18.6 Å². The number of carbonyl (C=O) groups excluding carboxylic acids is 1. The fourth-order valence-electron chi connectivity index (χ4n) is 1.75. The van der Waals surface area contributed by atoms with Gasteiger partial charge in [-0.15, -0.1) is 0 Å². The quantitative estimate of drug-likeness (QED) is 0.835. The van der Waals surface area contributed by atoms with Gasteiger partial charge in [-0.2, -0.15) is 0 Å². The van der Waals surface area contributed by atoms with Crippen molar-refractivity contribution in [3.8, 4) is 0 Å². The molecule has 1 heterocycles. The summed E-state index contributed by atoms with van der Waals surface area (Å²) in [7, 11) is 0. The molecule has 2 rings (SSSR count). The molecule has 1 saturated carbocycles. The second-order valence-electron chi connectivity index (χ2n) is 4.21. The van der Waals surface area contributed by atoms with Crippen LogP contribution in [0.5, 0.6) is 0 Å². The minimum atomic E-state index is -0.173. The summed E-state index contributed by atoms with van der Waals surface area (Å²) in [5.74, 6) is 0.908. The maximum absolute atomic E-state index is 11.4. The summed E-state index contributed by atoms with van der Waals surface area (Å²) < 4.78 is 5.86. The van der Waals surface area contributed by atoms with Gasteiger partial charge in [0.15, 0.2) is 4.67 Å². The second kappa shape index (κ2) is 5.51. The minimum absolute atomic E-state index is 0.140. The normalized spacial score (nSPS) is 23.6. The minimum Gasteiger partial charge on any atom is -0.450 e. The lowest BCUT2D eigenvalue weighted by Crippen LogP contribution is -2.37. The molecule has 1 aliphatic rings. The van der Waals surface area contributed by atoms with Gasteiger partial charge in [-0.3, -0.25) is 4.79 Å². The van der Waals surface area contributed by atoms with E-state index >= 15 is 0 Å².